The molecule has 1 saturated carbocycles. The molecule has 5 rings (SSSR count). The number of carbonyl (C=O) groups excluding carboxylic acids is 1. The molecular weight excluding hydrogens is 457 g/mol. The van der Waals surface area contributed by atoms with E-state index in [1.807, 2.05) is 6.07 Å². The van der Waals surface area contributed by atoms with E-state index in [1.165, 1.54) is 18.6 Å². The molecule has 2 atom stereocenters. The molecule has 188 valence electrons. The number of carbonyl (C=O) groups is 1. The van der Waals surface area contributed by atoms with Gasteiger partial charge in [-0.1, -0.05) is 37.5 Å². The topological polar surface area (TPSA) is 53.0 Å². The summed E-state index contributed by atoms with van der Waals surface area (Å²) in [7, 11) is 0. The minimum Gasteiger partial charge on any atom is -0.457 e. The molecule has 1 N–H and O–H groups in total. The number of aliphatic hydroxyl groups is 1. The summed E-state index contributed by atoms with van der Waals surface area (Å²) in [5, 5.41) is 10.5. The maximum atomic E-state index is 13.7. The molecule has 2 aromatic carbocycles. The highest BCUT2D eigenvalue weighted by Crippen LogP contribution is 2.42. The first-order valence-corrected chi connectivity index (χ1v) is 12.4. The number of rotatable bonds is 5. The molecule has 1 amide bonds. The van der Waals surface area contributed by atoms with Gasteiger partial charge in [0.05, 0.1) is 11.7 Å². The number of likely N-dealkylation sites (tertiary alicyclic amines) is 2. The first kappa shape index (κ1) is 24.1. The zero-order valence-electron chi connectivity index (χ0n) is 19.6. The minimum absolute atomic E-state index is 0.110. The fourth-order valence-electron chi connectivity index (χ4n) is 6.03. The molecule has 0 radical (unpaired) electrons. The van der Waals surface area contributed by atoms with E-state index in [4.69, 9.17) is 4.74 Å². The van der Waals surface area contributed by atoms with Gasteiger partial charge in [0, 0.05) is 32.1 Å². The van der Waals surface area contributed by atoms with Gasteiger partial charge in [0.25, 0.3) is 0 Å². The summed E-state index contributed by atoms with van der Waals surface area (Å²) >= 11 is 0. The van der Waals surface area contributed by atoms with Crippen molar-refractivity contribution in [3.8, 4) is 11.5 Å². The Labute approximate surface area is 203 Å². The zero-order chi connectivity index (χ0) is 24.6. The summed E-state index contributed by atoms with van der Waals surface area (Å²) in [5.74, 6) is 0.675. The SMILES string of the molecule is O=C1N(C2CCCCC2)CCC12C[C@@H](O)CN2Cc1cccc(Oc2cccc(C(F)(F)F)c2)c1. The number of benzene rings is 2. The summed E-state index contributed by atoms with van der Waals surface area (Å²) in [6, 6.07) is 12.3. The van der Waals surface area contributed by atoms with Crippen LogP contribution in [0.15, 0.2) is 48.5 Å². The maximum Gasteiger partial charge on any atom is 0.416 e. The average molecular weight is 489 g/mol. The first-order valence-electron chi connectivity index (χ1n) is 12.4. The normalized spacial score (nSPS) is 26.1. The molecule has 1 aliphatic carbocycles. The van der Waals surface area contributed by atoms with Crippen LogP contribution in [0.1, 0.15) is 56.1 Å². The molecule has 8 heteroatoms. The number of nitrogens with zero attached hydrogens (tertiary/aromatic N) is 2. The van der Waals surface area contributed by atoms with Crippen molar-refractivity contribution < 1.29 is 27.8 Å². The van der Waals surface area contributed by atoms with Crippen LogP contribution in [0.2, 0.25) is 0 Å². The van der Waals surface area contributed by atoms with E-state index in [0.717, 1.165) is 49.9 Å². The minimum atomic E-state index is -4.44. The van der Waals surface area contributed by atoms with E-state index in [1.54, 1.807) is 18.2 Å². The number of β-amino-alcohol motifs (C(OH)–C–C–N with tert-alkyl or cyclic N) is 1. The van der Waals surface area contributed by atoms with Crippen molar-refractivity contribution in [2.45, 2.75) is 75.4 Å². The van der Waals surface area contributed by atoms with E-state index in [9.17, 15) is 23.1 Å². The lowest BCUT2D eigenvalue weighted by molar-refractivity contribution is -0.139. The summed E-state index contributed by atoms with van der Waals surface area (Å²) in [5.41, 5.74) is -0.567. The van der Waals surface area contributed by atoms with Gasteiger partial charge in [0.1, 0.15) is 17.0 Å². The van der Waals surface area contributed by atoms with Gasteiger partial charge in [0.15, 0.2) is 0 Å². The summed E-state index contributed by atoms with van der Waals surface area (Å²) in [6.07, 6.45) is 1.81. The van der Waals surface area contributed by atoms with E-state index in [-0.39, 0.29) is 11.7 Å². The highest BCUT2D eigenvalue weighted by molar-refractivity contribution is 5.89. The smallest absolute Gasteiger partial charge is 0.416 e. The lowest BCUT2D eigenvalue weighted by Crippen LogP contribution is -2.51. The predicted octanol–water partition coefficient (Wildman–Crippen LogP) is 5.37. The zero-order valence-corrected chi connectivity index (χ0v) is 19.6. The second-order valence-corrected chi connectivity index (χ2v) is 10.1. The van der Waals surface area contributed by atoms with Crippen molar-refractivity contribution in [1.29, 1.82) is 0 Å². The Morgan fingerprint density at radius 1 is 1.03 bits per heavy atom. The Hall–Kier alpha value is -2.58. The van der Waals surface area contributed by atoms with Crippen LogP contribution in [-0.2, 0) is 17.5 Å². The first-order chi connectivity index (χ1) is 16.7. The average Bonchev–Trinajstić information content (AvgIpc) is 3.33. The number of aliphatic hydroxyl groups excluding tert-OH is 1. The number of hydrogen-bond donors (Lipinski definition) is 1. The van der Waals surface area contributed by atoms with Crippen LogP contribution in [0.4, 0.5) is 13.2 Å². The Bertz CT molecular complexity index is 1070. The molecule has 2 aromatic rings. The molecule has 1 spiro atoms. The van der Waals surface area contributed by atoms with Crippen LogP contribution < -0.4 is 4.74 Å². The largest absolute Gasteiger partial charge is 0.457 e. The summed E-state index contributed by atoms with van der Waals surface area (Å²) in [4.78, 5) is 17.8. The Morgan fingerprint density at radius 3 is 2.49 bits per heavy atom. The molecule has 0 bridgehead atoms. The van der Waals surface area contributed by atoms with Crippen LogP contribution in [-0.4, -0.2) is 51.6 Å². The number of amides is 1. The highest BCUT2D eigenvalue weighted by atomic mass is 19.4. The third-order valence-electron chi connectivity index (χ3n) is 7.72. The molecule has 3 aliphatic rings. The van der Waals surface area contributed by atoms with Crippen molar-refractivity contribution in [1.82, 2.24) is 9.80 Å². The van der Waals surface area contributed by atoms with E-state index >= 15 is 0 Å². The maximum absolute atomic E-state index is 13.7. The van der Waals surface area contributed by atoms with Crippen LogP contribution >= 0.6 is 0 Å². The van der Waals surface area contributed by atoms with Crippen molar-refractivity contribution in [2.75, 3.05) is 13.1 Å². The van der Waals surface area contributed by atoms with Gasteiger partial charge in [-0.05, 0) is 55.2 Å². The van der Waals surface area contributed by atoms with Gasteiger partial charge in [-0.25, -0.2) is 0 Å². The van der Waals surface area contributed by atoms with Gasteiger partial charge < -0.3 is 14.7 Å². The molecule has 5 nitrogen and oxygen atoms in total. The van der Waals surface area contributed by atoms with Crippen molar-refractivity contribution in [2.24, 2.45) is 0 Å². The van der Waals surface area contributed by atoms with Gasteiger partial charge in [0.2, 0.25) is 5.91 Å². The summed E-state index contributed by atoms with van der Waals surface area (Å²) < 4.78 is 44.9. The Morgan fingerprint density at radius 2 is 1.74 bits per heavy atom. The Balaban J connectivity index is 1.32. The standard InChI is InChI=1S/C27H31F3N2O3/c28-27(29,30)20-7-5-11-24(15-20)35-23-10-4-6-19(14-23)17-31-18-22(33)16-26(31)12-13-32(25(26)34)21-8-2-1-3-9-21/h4-7,10-11,14-15,21-22,33H,1-3,8-9,12-13,16-18H2/t22-,26?/m1/s1. The lowest BCUT2D eigenvalue weighted by atomic mass is 9.91. The summed E-state index contributed by atoms with van der Waals surface area (Å²) in [6.45, 7) is 1.61. The number of alkyl halides is 3. The molecule has 1 unspecified atom stereocenters. The third kappa shape index (κ3) is 4.91. The van der Waals surface area contributed by atoms with Crippen molar-refractivity contribution in [3.63, 3.8) is 0 Å². The lowest BCUT2D eigenvalue weighted by Gasteiger charge is -2.36. The van der Waals surface area contributed by atoms with Crippen LogP contribution in [0, 0.1) is 0 Å². The highest BCUT2D eigenvalue weighted by Gasteiger charge is 2.56. The van der Waals surface area contributed by atoms with Crippen LogP contribution in [0.25, 0.3) is 0 Å². The quantitative estimate of drug-likeness (QED) is 0.615. The van der Waals surface area contributed by atoms with Gasteiger partial charge in [-0.15, -0.1) is 0 Å². The van der Waals surface area contributed by atoms with E-state index in [2.05, 4.69) is 9.80 Å². The van der Waals surface area contributed by atoms with Crippen LogP contribution in [0.3, 0.4) is 0 Å². The van der Waals surface area contributed by atoms with Gasteiger partial charge in [-0.2, -0.15) is 13.2 Å². The van der Waals surface area contributed by atoms with Crippen molar-refractivity contribution in [3.05, 3.63) is 59.7 Å². The number of hydrogen-bond acceptors (Lipinski definition) is 4. The van der Waals surface area contributed by atoms with Crippen LogP contribution in [0.5, 0.6) is 11.5 Å². The van der Waals surface area contributed by atoms with E-state index < -0.39 is 23.4 Å². The van der Waals surface area contributed by atoms with Gasteiger partial charge in [-0.3, -0.25) is 9.69 Å². The molecule has 2 heterocycles. The molecule has 3 fully saturated rings. The molecule has 35 heavy (non-hydrogen) atoms. The van der Waals surface area contributed by atoms with Crippen molar-refractivity contribution >= 4 is 5.91 Å². The fraction of sp³-hybridized carbons (Fsp3) is 0.519. The fourth-order valence-corrected chi connectivity index (χ4v) is 6.03. The molecule has 2 aliphatic heterocycles. The molecular formula is C27H31F3N2O3. The second-order valence-electron chi connectivity index (χ2n) is 10.1. The second kappa shape index (κ2) is 9.47. The molecule has 0 aromatic heterocycles. The Kier molecular flexibility index (Phi) is 6.53. The monoisotopic (exact) mass is 488 g/mol. The third-order valence-corrected chi connectivity index (χ3v) is 7.72. The van der Waals surface area contributed by atoms with E-state index in [0.29, 0.717) is 37.7 Å². The molecule has 2 saturated heterocycles. The number of halogens is 3. The predicted molar refractivity (Wildman–Crippen MR) is 125 cm³/mol. The number of ether oxygens (including phenoxy) is 1. The van der Waals surface area contributed by atoms with Gasteiger partial charge >= 0.3 is 6.18 Å².